The van der Waals surface area contributed by atoms with Crippen molar-refractivity contribution in [3.05, 3.63) is 24.3 Å². The molecule has 1 aromatic carbocycles. The van der Waals surface area contributed by atoms with Gasteiger partial charge in [0.1, 0.15) is 5.75 Å². The molecule has 1 saturated heterocycles. The number of phenolic OH excluding ortho intramolecular Hbond substituents is 1. The number of nitrogens with zero attached hydrogens (tertiary/aromatic N) is 2. The van der Waals surface area contributed by atoms with Crippen LogP contribution in [0.15, 0.2) is 24.3 Å². The van der Waals surface area contributed by atoms with E-state index in [1.807, 2.05) is 12.1 Å². The van der Waals surface area contributed by atoms with E-state index in [0.717, 1.165) is 38.4 Å². The molecule has 2 rings (SSSR count). The van der Waals surface area contributed by atoms with Gasteiger partial charge < -0.3 is 15.7 Å². The summed E-state index contributed by atoms with van der Waals surface area (Å²) in [6.45, 7) is 4.81. The summed E-state index contributed by atoms with van der Waals surface area (Å²) in [7, 11) is 0. The van der Waals surface area contributed by atoms with Crippen LogP contribution in [-0.2, 0) is 0 Å². The zero-order valence-electron chi connectivity index (χ0n) is 10.5. The number of nitrogens with two attached hydrogens (primary N) is 1. The number of rotatable bonds is 4. The van der Waals surface area contributed by atoms with Crippen LogP contribution in [0.2, 0.25) is 0 Å². The van der Waals surface area contributed by atoms with E-state index >= 15 is 0 Å². The molecule has 1 fully saturated rings. The van der Waals surface area contributed by atoms with E-state index in [-0.39, 0.29) is 5.84 Å². The molecule has 0 bridgehead atoms. The smallest absolute Gasteiger partial charge is 0.115 e. The predicted molar refractivity (Wildman–Crippen MR) is 73.3 cm³/mol. The monoisotopic (exact) mass is 248 g/mol. The van der Waals surface area contributed by atoms with Crippen LogP contribution >= 0.6 is 0 Å². The summed E-state index contributed by atoms with van der Waals surface area (Å²) in [4.78, 5) is 4.64. The van der Waals surface area contributed by atoms with Gasteiger partial charge in [-0.2, -0.15) is 0 Å². The number of benzene rings is 1. The highest BCUT2D eigenvalue weighted by Crippen LogP contribution is 2.19. The Morgan fingerprint density at radius 1 is 1.17 bits per heavy atom. The van der Waals surface area contributed by atoms with Gasteiger partial charge in [-0.05, 0) is 24.3 Å². The predicted octanol–water partition coefficient (Wildman–Crippen LogP) is 0.840. The number of amidine groups is 1. The first-order valence-corrected chi connectivity index (χ1v) is 6.24. The van der Waals surface area contributed by atoms with E-state index in [9.17, 15) is 5.11 Å². The first kappa shape index (κ1) is 12.7. The maximum Gasteiger partial charge on any atom is 0.115 e. The number of nitrogens with one attached hydrogen (secondary N) is 1. The highest BCUT2D eigenvalue weighted by Gasteiger charge is 2.16. The van der Waals surface area contributed by atoms with Gasteiger partial charge in [0.2, 0.25) is 0 Å². The van der Waals surface area contributed by atoms with E-state index in [1.165, 1.54) is 0 Å². The molecule has 1 aromatic rings. The molecule has 1 heterocycles. The van der Waals surface area contributed by atoms with E-state index < -0.39 is 0 Å². The van der Waals surface area contributed by atoms with Crippen molar-refractivity contribution in [2.75, 3.05) is 37.6 Å². The minimum Gasteiger partial charge on any atom is -0.508 e. The summed E-state index contributed by atoms with van der Waals surface area (Å²) >= 11 is 0. The number of piperazine rings is 1. The fourth-order valence-electron chi connectivity index (χ4n) is 2.17. The third-order valence-electron chi connectivity index (χ3n) is 3.28. The number of hydrogen-bond acceptors (Lipinski definition) is 4. The maximum absolute atomic E-state index is 9.26. The second-order valence-electron chi connectivity index (χ2n) is 4.62. The van der Waals surface area contributed by atoms with Gasteiger partial charge in [0, 0.05) is 44.8 Å². The summed E-state index contributed by atoms with van der Waals surface area (Å²) in [5.41, 5.74) is 6.52. The van der Waals surface area contributed by atoms with Gasteiger partial charge in [-0.15, -0.1) is 0 Å². The Hall–Kier alpha value is -1.75. The van der Waals surface area contributed by atoms with Gasteiger partial charge in [0.15, 0.2) is 0 Å². The molecule has 1 aliphatic rings. The van der Waals surface area contributed by atoms with Crippen LogP contribution in [-0.4, -0.2) is 48.6 Å². The normalized spacial score (nSPS) is 16.8. The lowest BCUT2D eigenvalue weighted by molar-refractivity contribution is 0.264. The number of hydrogen-bond donors (Lipinski definition) is 3. The van der Waals surface area contributed by atoms with Crippen LogP contribution in [0.25, 0.3) is 0 Å². The Bertz CT molecular complexity index is 396. The molecule has 0 amide bonds. The minimum absolute atomic E-state index is 0.260. The fraction of sp³-hybridized carbons (Fsp3) is 0.462. The molecular weight excluding hydrogens is 228 g/mol. The van der Waals surface area contributed by atoms with Gasteiger partial charge in [-0.25, -0.2) is 0 Å². The lowest BCUT2D eigenvalue weighted by Gasteiger charge is -2.36. The van der Waals surface area contributed by atoms with Crippen LogP contribution < -0.4 is 10.6 Å². The zero-order valence-corrected chi connectivity index (χ0v) is 10.5. The first-order valence-electron chi connectivity index (χ1n) is 6.24. The van der Waals surface area contributed by atoms with Crippen molar-refractivity contribution in [2.24, 2.45) is 5.73 Å². The van der Waals surface area contributed by atoms with Crippen LogP contribution in [0.5, 0.6) is 5.75 Å². The lowest BCUT2D eigenvalue weighted by Crippen LogP contribution is -2.47. The van der Waals surface area contributed by atoms with E-state index in [2.05, 4.69) is 9.80 Å². The van der Waals surface area contributed by atoms with Crippen molar-refractivity contribution in [3.8, 4) is 5.75 Å². The Kier molecular flexibility index (Phi) is 4.04. The van der Waals surface area contributed by atoms with Crippen LogP contribution in [0.1, 0.15) is 6.42 Å². The van der Waals surface area contributed by atoms with Crippen molar-refractivity contribution >= 4 is 11.5 Å². The maximum atomic E-state index is 9.26. The van der Waals surface area contributed by atoms with Crippen LogP contribution in [0.4, 0.5) is 5.69 Å². The van der Waals surface area contributed by atoms with Gasteiger partial charge in [-0.3, -0.25) is 10.3 Å². The number of anilines is 1. The molecule has 1 aliphatic heterocycles. The van der Waals surface area contributed by atoms with E-state index in [0.29, 0.717) is 12.2 Å². The minimum atomic E-state index is 0.260. The summed E-state index contributed by atoms with van der Waals surface area (Å²) < 4.78 is 0. The summed E-state index contributed by atoms with van der Waals surface area (Å²) in [6, 6.07) is 7.33. The van der Waals surface area contributed by atoms with Gasteiger partial charge in [0.25, 0.3) is 0 Å². The molecule has 0 aromatic heterocycles. The lowest BCUT2D eigenvalue weighted by atomic mass is 10.2. The zero-order chi connectivity index (χ0) is 13.0. The molecule has 0 atom stereocenters. The molecule has 18 heavy (non-hydrogen) atoms. The molecule has 4 N–H and O–H groups in total. The fourth-order valence-corrected chi connectivity index (χ4v) is 2.17. The van der Waals surface area contributed by atoms with Crippen molar-refractivity contribution in [1.29, 1.82) is 5.41 Å². The molecule has 0 aliphatic carbocycles. The average molecular weight is 248 g/mol. The van der Waals surface area contributed by atoms with Gasteiger partial charge in [0.05, 0.1) is 5.84 Å². The first-order chi connectivity index (χ1) is 8.65. The Balaban J connectivity index is 1.83. The Morgan fingerprint density at radius 2 is 1.78 bits per heavy atom. The molecule has 98 valence electrons. The SMILES string of the molecule is N=C(N)CCN1CCN(c2ccc(O)cc2)CC1. The molecule has 0 radical (unpaired) electrons. The molecule has 0 spiro atoms. The molecular formula is C13H20N4O. The molecule has 5 heteroatoms. The van der Waals surface area contributed by atoms with Gasteiger partial charge >= 0.3 is 0 Å². The van der Waals surface area contributed by atoms with Crippen molar-refractivity contribution in [2.45, 2.75) is 6.42 Å². The number of phenols is 1. The van der Waals surface area contributed by atoms with Gasteiger partial charge in [-0.1, -0.05) is 0 Å². The highest BCUT2D eigenvalue weighted by molar-refractivity contribution is 5.76. The van der Waals surface area contributed by atoms with E-state index in [1.54, 1.807) is 12.1 Å². The third-order valence-corrected chi connectivity index (χ3v) is 3.28. The van der Waals surface area contributed by atoms with Crippen molar-refractivity contribution in [1.82, 2.24) is 4.90 Å². The summed E-state index contributed by atoms with van der Waals surface area (Å²) in [6.07, 6.45) is 0.652. The van der Waals surface area contributed by atoms with Crippen molar-refractivity contribution < 1.29 is 5.11 Å². The standard InChI is InChI=1S/C13H20N4O/c14-13(15)5-6-16-7-9-17(10-8-16)11-1-3-12(18)4-2-11/h1-4,18H,5-10H2,(H3,14,15). The largest absolute Gasteiger partial charge is 0.508 e. The molecule has 5 nitrogen and oxygen atoms in total. The third kappa shape index (κ3) is 3.37. The second-order valence-corrected chi connectivity index (χ2v) is 4.62. The van der Waals surface area contributed by atoms with Crippen LogP contribution in [0.3, 0.4) is 0 Å². The topological polar surface area (TPSA) is 76.6 Å². The quantitative estimate of drug-likeness (QED) is 0.545. The second kappa shape index (κ2) is 5.73. The summed E-state index contributed by atoms with van der Waals surface area (Å²) in [5, 5.41) is 16.5. The summed E-state index contributed by atoms with van der Waals surface area (Å²) in [5.74, 6) is 0.565. The van der Waals surface area contributed by atoms with E-state index in [4.69, 9.17) is 11.1 Å². The molecule has 0 saturated carbocycles. The van der Waals surface area contributed by atoms with Crippen molar-refractivity contribution in [3.63, 3.8) is 0 Å². The number of aromatic hydroxyl groups is 1. The molecule has 0 unspecified atom stereocenters. The Labute approximate surface area is 107 Å². The van der Waals surface area contributed by atoms with Crippen LogP contribution in [0, 0.1) is 5.41 Å². The highest BCUT2D eigenvalue weighted by atomic mass is 16.3. The average Bonchev–Trinajstić information content (AvgIpc) is 2.38. The Morgan fingerprint density at radius 3 is 2.33 bits per heavy atom.